The molecule has 0 aliphatic heterocycles. The second-order valence-electron chi connectivity index (χ2n) is 4.97. The van der Waals surface area contributed by atoms with Gasteiger partial charge in [-0.25, -0.2) is 4.68 Å². The summed E-state index contributed by atoms with van der Waals surface area (Å²) in [6.07, 6.45) is -0.389. The van der Waals surface area contributed by atoms with Crippen LogP contribution in [0.25, 0.3) is 21.5 Å². The largest absolute Gasteiger partial charge is 0.235 e. The smallest absolute Gasteiger partial charge is 0.138 e. The molecule has 1 heterocycles. The summed E-state index contributed by atoms with van der Waals surface area (Å²) in [4.78, 5) is 2.90. The van der Waals surface area contributed by atoms with Gasteiger partial charge in [0.1, 0.15) is 11.7 Å². The Morgan fingerprint density at radius 2 is 2.06 bits per heavy atom. The summed E-state index contributed by atoms with van der Waals surface area (Å²) in [7, 11) is 0. The lowest BCUT2D eigenvalue weighted by Gasteiger charge is -2.26. The first kappa shape index (κ1) is 11.4. The molecule has 0 spiro atoms. The minimum atomic E-state index is -0.389. The first-order chi connectivity index (χ1) is 8.04. The summed E-state index contributed by atoms with van der Waals surface area (Å²) in [5.74, 6) is 0. The molecule has 0 N–H and O–H groups in total. The summed E-state index contributed by atoms with van der Waals surface area (Å²) in [6.45, 7) is 6.01. The minimum absolute atomic E-state index is 0.220. The van der Waals surface area contributed by atoms with Crippen molar-refractivity contribution in [2.75, 3.05) is 0 Å². The van der Waals surface area contributed by atoms with Crippen molar-refractivity contribution >= 4 is 11.0 Å². The van der Waals surface area contributed by atoms with Crippen LogP contribution in [0.3, 0.4) is 0 Å². The lowest BCUT2D eigenvalue weighted by molar-refractivity contribution is 0.234. The Morgan fingerprint density at radius 3 is 2.71 bits per heavy atom. The van der Waals surface area contributed by atoms with Crippen LogP contribution in [0.5, 0.6) is 0 Å². The maximum atomic E-state index is 8.67. The van der Waals surface area contributed by atoms with Crippen molar-refractivity contribution in [2.45, 2.75) is 26.9 Å². The zero-order valence-corrected chi connectivity index (χ0v) is 10.1. The average Bonchev–Trinajstić information content (AvgIpc) is 2.68. The Morgan fingerprint density at radius 1 is 1.35 bits per heavy atom. The predicted molar refractivity (Wildman–Crippen MR) is 65.2 cm³/mol. The Kier molecular flexibility index (Phi) is 2.73. The number of para-hydroxylation sites is 1. The first-order valence-corrected chi connectivity index (χ1v) is 5.38. The van der Waals surface area contributed by atoms with Crippen LogP contribution in [0.15, 0.2) is 29.4 Å². The van der Waals surface area contributed by atoms with Crippen LogP contribution >= 0.6 is 0 Å². The average molecular weight is 230 g/mol. The van der Waals surface area contributed by atoms with Crippen molar-refractivity contribution in [3.05, 3.63) is 34.7 Å². The molecular weight excluding hydrogens is 216 g/mol. The molecule has 0 amide bonds. The van der Waals surface area contributed by atoms with Crippen molar-refractivity contribution in [1.82, 2.24) is 15.0 Å². The Hall–Kier alpha value is -2.07. The third kappa shape index (κ3) is 2.07. The van der Waals surface area contributed by atoms with Gasteiger partial charge in [0.05, 0.1) is 5.52 Å². The summed E-state index contributed by atoms with van der Waals surface area (Å²) in [6, 6.07) is 7.62. The topological polar surface area (TPSA) is 79.5 Å². The van der Waals surface area contributed by atoms with Gasteiger partial charge in [0, 0.05) is 4.91 Å². The fraction of sp³-hybridized carbons (Fsp3) is 0.455. The normalized spacial score (nSPS) is 13.4. The number of rotatable bonds is 2. The van der Waals surface area contributed by atoms with Gasteiger partial charge in [-0.15, -0.1) is 5.10 Å². The SMILES string of the molecule is CC(C)(C)C(N=[N+]=[N-])n1nnc2ccccc21. The standard InChI is InChI=1S/C11H14N6/c1-11(2,3)10(14-15-12)17-9-7-5-4-6-8(9)13-16-17/h4-7,10H,1-3H3. The van der Waals surface area contributed by atoms with E-state index in [9.17, 15) is 0 Å². The number of fused-ring (bicyclic) bond motifs is 1. The molecule has 2 aromatic rings. The molecule has 0 aliphatic rings. The summed E-state index contributed by atoms with van der Waals surface area (Å²) < 4.78 is 1.68. The van der Waals surface area contributed by atoms with Gasteiger partial charge in [-0.05, 0) is 23.1 Å². The van der Waals surface area contributed by atoms with E-state index in [1.807, 2.05) is 45.0 Å². The fourth-order valence-electron chi connectivity index (χ4n) is 1.71. The van der Waals surface area contributed by atoms with Gasteiger partial charge in [0.25, 0.3) is 0 Å². The number of hydrogen-bond donors (Lipinski definition) is 0. The molecule has 6 nitrogen and oxygen atoms in total. The van der Waals surface area contributed by atoms with Crippen LogP contribution in [-0.2, 0) is 0 Å². The predicted octanol–water partition coefficient (Wildman–Crippen LogP) is 3.29. The van der Waals surface area contributed by atoms with Crippen LogP contribution in [0.2, 0.25) is 0 Å². The quantitative estimate of drug-likeness (QED) is 0.450. The van der Waals surface area contributed by atoms with Crippen LogP contribution in [-0.4, -0.2) is 15.0 Å². The lowest BCUT2D eigenvalue weighted by atomic mass is 9.93. The number of aromatic nitrogens is 3. The third-order valence-corrected chi connectivity index (χ3v) is 2.54. The molecule has 1 aromatic carbocycles. The number of hydrogen-bond acceptors (Lipinski definition) is 3. The second kappa shape index (κ2) is 4.07. The van der Waals surface area contributed by atoms with Crippen molar-refractivity contribution in [1.29, 1.82) is 0 Å². The van der Waals surface area contributed by atoms with Crippen LogP contribution < -0.4 is 0 Å². The van der Waals surface area contributed by atoms with E-state index in [1.165, 1.54) is 0 Å². The highest BCUT2D eigenvalue weighted by Crippen LogP contribution is 2.33. The summed E-state index contributed by atoms with van der Waals surface area (Å²) in [5, 5.41) is 12.0. The van der Waals surface area contributed by atoms with E-state index < -0.39 is 0 Å². The lowest BCUT2D eigenvalue weighted by Crippen LogP contribution is -2.23. The Labute approximate surface area is 98.9 Å². The van der Waals surface area contributed by atoms with E-state index in [-0.39, 0.29) is 11.6 Å². The molecule has 6 heteroatoms. The molecule has 0 saturated carbocycles. The fourth-order valence-corrected chi connectivity index (χ4v) is 1.71. The molecule has 1 aromatic heterocycles. The first-order valence-electron chi connectivity index (χ1n) is 5.38. The van der Waals surface area contributed by atoms with Crippen molar-refractivity contribution in [3.8, 4) is 0 Å². The molecular formula is C11H14N6. The number of azide groups is 1. The molecule has 1 atom stereocenters. The second-order valence-corrected chi connectivity index (χ2v) is 4.97. The number of nitrogens with zero attached hydrogens (tertiary/aromatic N) is 6. The molecule has 17 heavy (non-hydrogen) atoms. The van der Waals surface area contributed by atoms with E-state index in [0.29, 0.717) is 0 Å². The minimum Gasteiger partial charge on any atom is -0.235 e. The van der Waals surface area contributed by atoms with Crippen LogP contribution in [0.4, 0.5) is 0 Å². The molecule has 0 radical (unpaired) electrons. The van der Waals surface area contributed by atoms with E-state index in [1.54, 1.807) is 4.68 Å². The van der Waals surface area contributed by atoms with Crippen molar-refractivity contribution in [3.63, 3.8) is 0 Å². The van der Waals surface area contributed by atoms with Gasteiger partial charge in [-0.2, -0.15) is 0 Å². The zero-order valence-electron chi connectivity index (χ0n) is 10.1. The van der Waals surface area contributed by atoms with Crippen LogP contribution in [0.1, 0.15) is 26.9 Å². The van der Waals surface area contributed by atoms with E-state index in [0.717, 1.165) is 11.0 Å². The van der Waals surface area contributed by atoms with Gasteiger partial charge in [-0.3, -0.25) is 0 Å². The van der Waals surface area contributed by atoms with E-state index in [4.69, 9.17) is 5.53 Å². The number of benzene rings is 1. The Balaban J connectivity index is 2.61. The molecule has 0 saturated heterocycles. The zero-order chi connectivity index (χ0) is 12.5. The van der Waals surface area contributed by atoms with Crippen molar-refractivity contribution in [2.24, 2.45) is 10.5 Å². The highest BCUT2D eigenvalue weighted by molar-refractivity contribution is 5.73. The molecule has 88 valence electrons. The monoisotopic (exact) mass is 230 g/mol. The maximum absolute atomic E-state index is 8.67. The van der Waals surface area contributed by atoms with Crippen molar-refractivity contribution < 1.29 is 0 Å². The van der Waals surface area contributed by atoms with E-state index >= 15 is 0 Å². The highest BCUT2D eigenvalue weighted by Gasteiger charge is 2.27. The molecule has 1 unspecified atom stereocenters. The van der Waals surface area contributed by atoms with Gasteiger partial charge in [0.2, 0.25) is 0 Å². The van der Waals surface area contributed by atoms with Gasteiger partial charge in [-0.1, -0.05) is 43.2 Å². The molecule has 0 bridgehead atoms. The third-order valence-electron chi connectivity index (χ3n) is 2.54. The summed E-state index contributed by atoms with van der Waals surface area (Å²) >= 11 is 0. The van der Waals surface area contributed by atoms with Gasteiger partial charge < -0.3 is 0 Å². The molecule has 0 fully saturated rings. The van der Waals surface area contributed by atoms with E-state index in [2.05, 4.69) is 20.3 Å². The van der Waals surface area contributed by atoms with Crippen LogP contribution in [0, 0.1) is 5.41 Å². The molecule has 0 aliphatic carbocycles. The van der Waals surface area contributed by atoms with Gasteiger partial charge in [0.15, 0.2) is 0 Å². The van der Waals surface area contributed by atoms with Gasteiger partial charge >= 0.3 is 0 Å². The highest BCUT2D eigenvalue weighted by atomic mass is 15.5. The summed E-state index contributed by atoms with van der Waals surface area (Å²) in [5.41, 5.74) is 10.1. The Bertz CT molecular complexity index is 573. The maximum Gasteiger partial charge on any atom is 0.138 e. The molecule has 2 rings (SSSR count).